The average molecular weight is 341 g/mol. The molecule has 3 rings (SSSR count). The minimum Gasteiger partial charge on any atom is -0.345 e. The van der Waals surface area contributed by atoms with Crippen molar-refractivity contribution in [2.24, 2.45) is 0 Å². The fraction of sp³-hybridized carbons (Fsp3) is 0.550. The topological polar surface area (TPSA) is 68.0 Å². The molecule has 1 aromatic carbocycles. The fourth-order valence-corrected chi connectivity index (χ4v) is 3.23. The van der Waals surface area contributed by atoms with Gasteiger partial charge >= 0.3 is 0 Å². The van der Waals surface area contributed by atoms with Gasteiger partial charge in [0.25, 0.3) is 5.91 Å². The second-order valence-electron chi connectivity index (χ2n) is 7.91. The Balaban J connectivity index is 1.57. The van der Waals surface area contributed by atoms with E-state index in [1.54, 1.807) is 0 Å². The Labute approximate surface area is 149 Å². The van der Waals surface area contributed by atoms with Gasteiger partial charge in [0.15, 0.2) is 5.82 Å². The quantitative estimate of drug-likeness (QED) is 0.898. The summed E-state index contributed by atoms with van der Waals surface area (Å²) in [4.78, 5) is 16.6. The summed E-state index contributed by atoms with van der Waals surface area (Å²) in [5.74, 6) is 1.61. The van der Waals surface area contributed by atoms with E-state index in [0.717, 1.165) is 0 Å². The highest BCUT2D eigenvalue weighted by Crippen LogP contribution is 2.32. The Hall–Kier alpha value is -2.17. The number of nitrogens with zero attached hydrogens (tertiary/aromatic N) is 2. The molecule has 5 nitrogen and oxygen atoms in total. The van der Waals surface area contributed by atoms with Gasteiger partial charge in [0.2, 0.25) is 5.89 Å². The van der Waals surface area contributed by atoms with Crippen LogP contribution in [0.5, 0.6) is 0 Å². The molecule has 0 radical (unpaired) electrons. The average Bonchev–Trinajstić information content (AvgIpc) is 3.10. The van der Waals surface area contributed by atoms with Crippen LogP contribution < -0.4 is 5.32 Å². The van der Waals surface area contributed by atoms with Gasteiger partial charge in [-0.2, -0.15) is 4.98 Å². The molecule has 0 spiro atoms. The van der Waals surface area contributed by atoms with Crippen LogP contribution in [-0.4, -0.2) is 16.0 Å². The van der Waals surface area contributed by atoms with Crippen molar-refractivity contribution in [3.63, 3.8) is 0 Å². The lowest BCUT2D eigenvalue weighted by atomic mass is 9.84. The molecule has 1 aliphatic carbocycles. The fourth-order valence-electron chi connectivity index (χ4n) is 3.23. The van der Waals surface area contributed by atoms with E-state index < -0.39 is 0 Å². The first-order chi connectivity index (χ1) is 11.9. The SMILES string of the molecule is CC(C)(C)c1nc(CNC(=O)c2ccc(C3CCCCC3)cc2)no1. The van der Waals surface area contributed by atoms with Gasteiger partial charge in [0.1, 0.15) is 0 Å². The van der Waals surface area contributed by atoms with Crippen molar-refractivity contribution in [1.82, 2.24) is 15.5 Å². The zero-order valence-corrected chi connectivity index (χ0v) is 15.3. The molecule has 0 atom stereocenters. The van der Waals surface area contributed by atoms with E-state index in [2.05, 4.69) is 27.6 Å². The largest absolute Gasteiger partial charge is 0.345 e. The van der Waals surface area contributed by atoms with Crippen LogP contribution in [0.1, 0.15) is 86.4 Å². The molecule has 5 heteroatoms. The summed E-state index contributed by atoms with van der Waals surface area (Å²) in [7, 11) is 0. The summed E-state index contributed by atoms with van der Waals surface area (Å²) in [6.07, 6.45) is 6.51. The number of amides is 1. The van der Waals surface area contributed by atoms with Gasteiger partial charge in [0, 0.05) is 11.0 Å². The van der Waals surface area contributed by atoms with Crippen molar-refractivity contribution in [2.45, 2.75) is 70.8 Å². The second kappa shape index (κ2) is 7.38. The van der Waals surface area contributed by atoms with Gasteiger partial charge in [-0.1, -0.05) is 57.3 Å². The molecule has 25 heavy (non-hydrogen) atoms. The van der Waals surface area contributed by atoms with E-state index in [1.165, 1.54) is 37.7 Å². The number of benzene rings is 1. The summed E-state index contributed by atoms with van der Waals surface area (Å²) < 4.78 is 5.24. The lowest BCUT2D eigenvalue weighted by molar-refractivity contribution is 0.0949. The second-order valence-corrected chi connectivity index (χ2v) is 7.91. The molecular weight excluding hydrogens is 314 g/mol. The van der Waals surface area contributed by atoms with Crippen molar-refractivity contribution in [3.05, 3.63) is 47.1 Å². The third kappa shape index (κ3) is 4.47. The highest BCUT2D eigenvalue weighted by molar-refractivity contribution is 5.94. The molecule has 134 valence electrons. The molecule has 1 saturated carbocycles. The molecule has 1 fully saturated rings. The van der Waals surface area contributed by atoms with Gasteiger partial charge in [-0.05, 0) is 36.5 Å². The third-order valence-electron chi connectivity index (χ3n) is 4.77. The van der Waals surface area contributed by atoms with Crippen molar-refractivity contribution >= 4 is 5.91 Å². The number of hydrogen-bond acceptors (Lipinski definition) is 4. The molecule has 1 N–H and O–H groups in total. The zero-order valence-electron chi connectivity index (χ0n) is 15.3. The Bertz CT molecular complexity index is 707. The van der Waals surface area contributed by atoms with Gasteiger partial charge < -0.3 is 9.84 Å². The maximum atomic E-state index is 12.3. The first-order valence-corrected chi connectivity index (χ1v) is 9.15. The summed E-state index contributed by atoms with van der Waals surface area (Å²) in [6, 6.07) is 8.01. The lowest BCUT2D eigenvalue weighted by Crippen LogP contribution is -2.23. The van der Waals surface area contributed by atoms with Crippen molar-refractivity contribution in [2.75, 3.05) is 0 Å². The van der Waals surface area contributed by atoms with Crippen LogP contribution in [-0.2, 0) is 12.0 Å². The highest BCUT2D eigenvalue weighted by atomic mass is 16.5. The first kappa shape index (κ1) is 17.6. The Kier molecular flexibility index (Phi) is 5.21. The minimum atomic E-state index is -0.190. The predicted molar refractivity (Wildman–Crippen MR) is 96.4 cm³/mol. The Morgan fingerprint density at radius 1 is 1.16 bits per heavy atom. The number of carbonyl (C=O) groups excluding carboxylic acids is 1. The smallest absolute Gasteiger partial charge is 0.251 e. The summed E-state index contributed by atoms with van der Waals surface area (Å²) >= 11 is 0. The number of rotatable bonds is 4. The predicted octanol–water partition coefficient (Wildman–Crippen LogP) is 4.34. The van der Waals surface area contributed by atoms with E-state index in [0.29, 0.717) is 23.2 Å². The molecule has 2 aromatic rings. The highest BCUT2D eigenvalue weighted by Gasteiger charge is 2.22. The molecular formula is C20H27N3O2. The number of aromatic nitrogens is 2. The summed E-state index contributed by atoms with van der Waals surface area (Å²) in [5, 5.41) is 6.78. The Morgan fingerprint density at radius 2 is 1.84 bits per heavy atom. The standard InChI is InChI=1S/C20H27N3O2/c1-20(2,3)19-22-17(23-25-19)13-21-18(24)16-11-9-15(10-12-16)14-7-5-4-6-8-14/h9-12,14H,4-8,13H2,1-3H3,(H,21,24). The van der Waals surface area contributed by atoms with Gasteiger partial charge in [0.05, 0.1) is 6.54 Å². The third-order valence-corrected chi connectivity index (χ3v) is 4.77. The molecule has 0 bridgehead atoms. The Morgan fingerprint density at radius 3 is 2.44 bits per heavy atom. The van der Waals surface area contributed by atoms with Crippen molar-refractivity contribution in [1.29, 1.82) is 0 Å². The van der Waals surface area contributed by atoms with Crippen LogP contribution in [0.3, 0.4) is 0 Å². The van der Waals surface area contributed by atoms with Gasteiger partial charge in [-0.25, -0.2) is 0 Å². The van der Waals surface area contributed by atoms with Crippen LogP contribution in [0.25, 0.3) is 0 Å². The maximum Gasteiger partial charge on any atom is 0.251 e. The normalized spacial score (nSPS) is 16.0. The summed E-state index contributed by atoms with van der Waals surface area (Å²) in [5.41, 5.74) is 1.83. The molecule has 1 aliphatic rings. The van der Waals surface area contributed by atoms with Crippen LogP contribution in [0, 0.1) is 0 Å². The van der Waals surface area contributed by atoms with E-state index in [-0.39, 0.29) is 17.9 Å². The van der Waals surface area contributed by atoms with Crippen LogP contribution in [0.15, 0.2) is 28.8 Å². The van der Waals surface area contributed by atoms with Crippen LogP contribution >= 0.6 is 0 Å². The van der Waals surface area contributed by atoms with Crippen LogP contribution in [0.2, 0.25) is 0 Å². The number of hydrogen-bond donors (Lipinski definition) is 1. The van der Waals surface area contributed by atoms with E-state index >= 15 is 0 Å². The van der Waals surface area contributed by atoms with Crippen molar-refractivity contribution < 1.29 is 9.32 Å². The monoisotopic (exact) mass is 341 g/mol. The van der Waals surface area contributed by atoms with E-state index in [9.17, 15) is 4.79 Å². The maximum absolute atomic E-state index is 12.3. The lowest BCUT2D eigenvalue weighted by Gasteiger charge is -2.22. The van der Waals surface area contributed by atoms with Crippen LogP contribution in [0.4, 0.5) is 0 Å². The van der Waals surface area contributed by atoms with E-state index in [4.69, 9.17) is 4.52 Å². The van der Waals surface area contributed by atoms with E-state index in [1.807, 2.05) is 32.9 Å². The van der Waals surface area contributed by atoms with Gasteiger partial charge in [-0.15, -0.1) is 0 Å². The molecule has 1 aromatic heterocycles. The first-order valence-electron chi connectivity index (χ1n) is 9.15. The number of carbonyl (C=O) groups is 1. The molecule has 0 saturated heterocycles. The summed E-state index contributed by atoms with van der Waals surface area (Å²) in [6.45, 7) is 6.30. The molecule has 0 unspecified atom stereocenters. The zero-order chi connectivity index (χ0) is 17.9. The van der Waals surface area contributed by atoms with Gasteiger partial charge in [-0.3, -0.25) is 4.79 Å². The molecule has 0 aliphatic heterocycles. The number of nitrogens with one attached hydrogen (secondary N) is 1. The minimum absolute atomic E-state index is 0.114. The molecule has 1 amide bonds. The molecule has 1 heterocycles. The van der Waals surface area contributed by atoms with Crippen molar-refractivity contribution in [3.8, 4) is 0 Å².